The number of rotatable bonds is 10. The molecule has 0 radical (unpaired) electrons. The van der Waals surface area contributed by atoms with Gasteiger partial charge in [0.2, 0.25) is 0 Å². The number of halogens is 9. The molecule has 0 saturated heterocycles. The first-order valence-corrected chi connectivity index (χ1v) is 8.77. The van der Waals surface area contributed by atoms with E-state index in [1.807, 2.05) is 0 Å². The van der Waals surface area contributed by atoms with Crippen molar-refractivity contribution in [3.8, 4) is 0 Å². The summed E-state index contributed by atoms with van der Waals surface area (Å²) in [7, 11) is 1.19. The SMILES string of the molecule is COC(=O)CCCc1ccc(C(=O)CCC(F)(F)C(F)(F)C(F)(F)C(F)(F)F)s1. The molecule has 0 N–H and O–H groups in total. The molecule has 0 spiro atoms. The predicted octanol–water partition coefficient (Wildman–Crippen LogP) is 5.67. The van der Waals surface area contributed by atoms with Crippen molar-refractivity contribution >= 4 is 23.1 Å². The molecule has 29 heavy (non-hydrogen) atoms. The Morgan fingerprint density at radius 3 is 2.03 bits per heavy atom. The highest BCUT2D eigenvalue weighted by molar-refractivity contribution is 7.14. The topological polar surface area (TPSA) is 43.4 Å². The number of carbonyl (C=O) groups is 2. The van der Waals surface area contributed by atoms with Crippen LogP contribution in [0.2, 0.25) is 0 Å². The first-order valence-electron chi connectivity index (χ1n) is 7.95. The smallest absolute Gasteiger partial charge is 0.460 e. The van der Waals surface area contributed by atoms with E-state index in [-0.39, 0.29) is 11.3 Å². The second-order valence-corrected chi connectivity index (χ2v) is 7.14. The maximum atomic E-state index is 13.5. The average Bonchev–Trinajstić information content (AvgIpc) is 3.07. The monoisotopic (exact) mass is 458 g/mol. The van der Waals surface area contributed by atoms with E-state index in [1.54, 1.807) is 0 Å². The summed E-state index contributed by atoms with van der Waals surface area (Å²) >= 11 is 0.806. The molecule has 0 bridgehead atoms. The van der Waals surface area contributed by atoms with Crippen molar-refractivity contribution in [3.63, 3.8) is 0 Å². The van der Waals surface area contributed by atoms with Crippen molar-refractivity contribution in [1.82, 2.24) is 0 Å². The Labute approximate surface area is 162 Å². The van der Waals surface area contributed by atoms with E-state index >= 15 is 0 Å². The fraction of sp³-hybridized carbons (Fsp3) is 0.625. The lowest BCUT2D eigenvalue weighted by atomic mass is 9.98. The standard InChI is InChI=1S/C16H15F9O3S/c1-28-12(27)4-2-3-9-5-6-11(29-9)10(26)7-8-13(17,18)14(19,20)15(21,22)16(23,24)25/h5-6H,2-4,7-8H2,1H3. The lowest BCUT2D eigenvalue weighted by molar-refractivity contribution is -0.396. The van der Waals surface area contributed by atoms with Crippen LogP contribution in [0.3, 0.4) is 0 Å². The number of alkyl halides is 9. The molecular formula is C16H15F9O3S. The number of carbonyl (C=O) groups excluding carboxylic acids is 2. The molecule has 0 aliphatic heterocycles. The van der Waals surface area contributed by atoms with Crippen LogP contribution in [0.5, 0.6) is 0 Å². The molecule has 0 unspecified atom stereocenters. The number of thiophene rings is 1. The lowest BCUT2D eigenvalue weighted by Crippen LogP contribution is -2.60. The van der Waals surface area contributed by atoms with Crippen molar-refractivity contribution in [2.75, 3.05) is 7.11 Å². The summed E-state index contributed by atoms with van der Waals surface area (Å²) in [6.07, 6.45) is -9.71. The second kappa shape index (κ2) is 8.92. The zero-order chi connectivity index (χ0) is 22.7. The Kier molecular flexibility index (Phi) is 7.77. The second-order valence-electron chi connectivity index (χ2n) is 5.97. The molecule has 0 aromatic carbocycles. The van der Waals surface area contributed by atoms with E-state index in [1.165, 1.54) is 19.2 Å². The third-order valence-electron chi connectivity index (χ3n) is 3.84. The highest BCUT2D eigenvalue weighted by Crippen LogP contribution is 2.54. The quantitative estimate of drug-likeness (QED) is 0.258. The van der Waals surface area contributed by atoms with Gasteiger partial charge in [-0.1, -0.05) is 0 Å². The van der Waals surface area contributed by atoms with Gasteiger partial charge in [-0.3, -0.25) is 9.59 Å². The van der Waals surface area contributed by atoms with Crippen molar-refractivity contribution in [2.24, 2.45) is 0 Å². The molecule has 0 atom stereocenters. The molecule has 1 aromatic rings. The number of methoxy groups -OCH3 is 1. The molecule has 1 aromatic heterocycles. The van der Waals surface area contributed by atoms with Gasteiger partial charge in [0.1, 0.15) is 0 Å². The van der Waals surface area contributed by atoms with Crippen LogP contribution in [0.25, 0.3) is 0 Å². The average molecular weight is 458 g/mol. The van der Waals surface area contributed by atoms with Crippen LogP contribution in [0.4, 0.5) is 39.5 Å². The van der Waals surface area contributed by atoms with Crippen molar-refractivity contribution < 1.29 is 53.8 Å². The van der Waals surface area contributed by atoms with Gasteiger partial charge in [-0.15, -0.1) is 11.3 Å². The largest absolute Gasteiger partial charge is 0.469 e. The van der Waals surface area contributed by atoms with Gasteiger partial charge in [-0.25, -0.2) is 0 Å². The summed E-state index contributed by atoms with van der Waals surface area (Å²) < 4.78 is 119. The molecule has 0 fully saturated rings. The molecule has 0 aliphatic carbocycles. The van der Waals surface area contributed by atoms with Crippen LogP contribution < -0.4 is 0 Å². The zero-order valence-corrected chi connectivity index (χ0v) is 15.5. The van der Waals surface area contributed by atoms with Gasteiger partial charge in [-0.05, 0) is 25.0 Å². The molecule has 3 nitrogen and oxygen atoms in total. The number of Topliss-reactive ketones (excluding diaryl/α,β-unsaturated/α-hetero) is 1. The van der Waals surface area contributed by atoms with Crippen LogP contribution in [-0.4, -0.2) is 42.8 Å². The van der Waals surface area contributed by atoms with Crippen molar-refractivity contribution in [1.29, 1.82) is 0 Å². The van der Waals surface area contributed by atoms with Crippen LogP contribution in [0.15, 0.2) is 12.1 Å². The van der Waals surface area contributed by atoms with Gasteiger partial charge >= 0.3 is 29.9 Å². The number of hydrogen-bond acceptors (Lipinski definition) is 4. The van der Waals surface area contributed by atoms with Crippen LogP contribution >= 0.6 is 11.3 Å². The minimum atomic E-state index is -6.97. The highest BCUT2D eigenvalue weighted by Gasteiger charge is 2.81. The Balaban J connectivity index is 2.75. The lowest BCUT2D eigenvalue weighted by Gasteiger charge is -2.33. The maximum absolute atomic E-state index is 13.5. The Hall–Kier alpha value is -1.79. The normalized spacial score (nSPS) is 13.4. The fourth-order valence-corrected chi connectivity index (χ4v) is 3.15. The van der Waals surface area contributed by atoms with Crippen LogP contribution in [-0.2, 0) is 16.0 Å². The Bertz CT molecular complexity index is 725. The van der Waals surface area contributed by atoms with E-state index in [4.69, 9.17) is 0 Å². The molecular weight excluding hydrogens is 443 g/mol. The molecule has 1 rings (SSSR count). The zero-order valence-electron chi connectivity index (χ0n) is 14.7. The highest BCUT2D eigenvalue weighted by atomic mass is 32.1. The molecule has 1 heterocycles. The van der Waals surface area contributed by atoms with Crippen LogP contribution in [0.1, 0.15) is 40.2 Å². The third kappa shape index (κ3) is 5.64. The van der Waals surface area contributed by atoms with Crippen LogP contribution in [0, 0.1) is 0 Å². The summed E-state index contributed by atoms with van der Waals surface area (Å²) in [5.41, 5.74) is 0. The van der Waals surface area contributed by atoms with Gasteiger partial charge in [-0.2, -0.15) is 39.5 Å². The summed E-state index contributed by atoms with van der Waals surface area (Å²) in [5.74, 6) is -21.1. The first-order chi connectivity index (χ1) is 13.1. The van der Waals surface area contributed by atoms with E-state index in [2.05, 4.69) is 4.74 Å². The van der Waals surface area contributed by atoms with E-state index in [0.29, 0.717) is 17.7 Å². The minimum Gasteiger partial charge on any atom is -0.469 e. The molecule has 0 amide bonds. The van der Waals surface area contributed by atoms with Gasteiger partial charge in [0.25, 0.3) is 0 Å². The predicted molar refractivity (Wildman–Crippen MR) is 83.7 cm³/mol. The maximum Gasteiger partial charge on any atom is 0.460 e. The summed E-state index contributed by atoms with van der Waals surface area (Å²) in [5, 5.41) is 0. The summed E-state index contributed by atoms with van der Waals surface area (Å²) in [4.78, 5) is 23.2. The number of ketones is 1. The molecule has 13 heteroatoms. The number of hydrogen-bond donors (Lipinski definition) is 0. The summed E-state index contributed by atoms with van der Waals surface area (Å²) in [6, 6.07) is 2.60. The Morgan fingerprint density at radius 1 is 0.931 bits per heavy atom. The number of aryl methyl sites for hydroxylation is 1. The fourth-order valence-electron chi connectivity index (χ4n) is 2.13. The number of esters is 1. The molecule has 0 saturated carbocycles. The third-order valence-corrected chi connectivity index (χ3v) is 5.03. The molecule has 166 valence electrons. The van der Waals surface area contributed by atoms with Gasteiger partial charge in [0, 0.05) is 24.1 Å². The molecule has 0 aliphatic rings. The minimum absolute atomic E-state index is 0.0758. The number of ether oxygens (including phenoxy) is 1. The van der Waals surface area contributed by atoms with Crippen molar-refractivity contribution in [2.45, 2.75) is 56.0 Å². The van der Waals surface area contributed by atoms with E-state index in [9.17, 15) is 49.1 Å². The first kappa shape index (κ1) is 25.2. The van der Waals surface area contributed by atoms with Crippen molar-refractivity contribution in [3.05, 3.63) is 21.9 Å². The van der Waals surface area contributed by atoms with E-state index in [0.717, 1.165) is 11.3 Å². The van der Waals surface area contributed by atoms with Gasteiger partial charge in [0.05, 0.1) is 12.0 Å². The van der Waals surface area contributed by atoms with E-state index < -0.39 is 48.5 Å². The summed E-state index contributed by atoms with van der Waals surface area (Å²) in [6.45, 7) is 0. The Morgan fingerprint density at radius 2 is 1.52 bits per heavy atom. The van der Waals surface area contributed by atoms with Gasteiger partial charge < -0.3 is 4.74 Å². The van der Waals surface area contributed by atoms with Gasteiger partial charge in [0.15, 0.2) is 5.78 Å².